The molecule has 2 nitrogen and oxygen atoms in total. The summed E-state index contributed by atoms with van der Waals surface area (Å²) >= 11 is 11.9. The first kappa shape index (κ1) is 13.6. The molecule has 1 aromatic rings. The first-order valence-corrected chi connectivity index (χ1v) is 6.34. The highest BCUT2D eigenvalue weighted by molar-refractivity contribution is 6.35. The predicted molar refractivity (Wildman–Crippen MR) is 72.7 cm³/mol. The van der Waals surface area contributed by atoms with E-state index in [1.54, 1.807) is 6.07 Å². The van der Waals surface area contributed by atoms with Crippen molar-refractivity contribution >= 4 is 28.9 Å². The van der Waals surface area contributed by atoms with Gasteiger partial charge in [-0.25, -0.2) is 0 Å². The van der Waals surface area contributed by atoms with Gasteiger partial charge < -0.3 is 10.2 Å². The Bertz CT molecular complexity index is 325. The highest BCUT2D eigenvalue weighted by atomic mass is 35.5. The van der Waals surface area contributed by atoms with E-state index < -0.39 is 0 Å². The van der Waals surface area contributed by atoms with E-state index in [-0.39, 0.29) is 0 Å². The van der Waals surface area contributed by atoms with E-state index in [4.69, 9.17) is 23.2 Å². The summed E-state index contributed by atoms with van der Waals surface area (Å²) in [5.41, 5.74) is 0.904. The second-order valence-corrected chi connectivity index (χ2v) is 4.42. The van der Waals surface area contributed by atoms with Gasteiger partial charge in [0.1, 0.15) is 0 Å². The van der Waals surface area contributed by atoms with Crippen molar-refractivity contribution in [3.8, 4) is 0 Å². The third-order valence-electron chi connectivity index (χ3n) is 2.57. The maximum Gasteiger partial charge on any atom is 0.0638 e. The first-order valence-electron chi connectivity index (χ1n) is 5.58. The van der Waals surface area contributed by atoms with Crippen molar-refractivity contribution in [2.45, 2.75) is 13.8 Å². The molecule has 0 radical (unpaired) electrons. The van der Waals surface area contributed by atoms with Crippen molar-refractivity contribution in [1.82, 2.24) is 4.90 Å². The minimum absolute atomic E-state index is 0.703. The number of halogens is 2. The maximum absolute atomic E-state index is 6.04. The molecule has 1 rings (SSSR count). The smallest absolute Gasteiger partial charge is 0.0638 e. The molecule has 0 aromatic heterocycles. The molecule has 0 atom stereocenters. The van der Waals surface area contributed by atoms with Crippen LogP contribution in [0.3, 0.4) is 0 Å². The van der Waals surface area contributed by atoms with Gasteiger partial charge in [-0.15, -0.1) is 0 Å². The Morgan fingerprint density at radius 1 is 1.19 bits per heavy atom. The van der Waals surface area contributed by atoms with Crippen LogP contribution in [0.2, 0.25) is 10.0 Å². The number of anilines is 1. The Morgan fingerprint density at radius 2 is 1.88 bits per heavy atom. The second-order valence-electron chi connectivity index (χ2n) is 3.58. The molecule has 0 aliphatic rings. The topological polar surface area (TPSA) is 15.3 Å². The van der Waals surface area contributed by atoms with E-state index in [2.05, 4.69) is 24.1 Å². The molecular weight excluding hydrogens is 243 g/mol. The Hall–Kier alpha value is -0.440. The van der Waals surface area contributed by atoms with Crippen LogP contribution in [-0.4, -0.2) is 31.1 Å². The van der Waals surface area contributed by atoms with Gasteiger partial charge in [-0.05, 0) is 31.3 Å². The molecule has 0 aliphatic carbocycles. The monoisotopic (exact) mass is 260 g/mol. The number of nitrogens with one attached hydrogen (secondary N) is 1. The van der Waals surface area contributed by atoms with Gasteiger partial charge in [0.05, 0.1) is 10.7 Å². The summed E-state index contributed by atoms with van der Waals surface area (Å²) in [7, 11) is 0. The zero-order valence-electron chi connectivity index (χ0n) is 9.76. The molecule has 0 bridgehead atoms. The summed E-state index contributed by atoms with van der Waals surface area (Å²) in [5.74, 6) is 0. The van der Waals surface area contributed by atoms with Crippen molar-refractivity contribution in [2.75, 3.05) is 31.5 Å². The number of likely N-dealkylation sites (N-methyl/N-ethyl adjacent to an activating group) is 1. The van der Waals surface area contributed by atoms with Crippen molar-refractivity contribution in [3.63, 3.8) is 0 Å². The second kappa shape index (κ2) is 7.00. The Balaban J connectivity index is 2.45. The maximum atomic E-state index is 6.04. The molecular formula is C12H18Cl2N2. The normalized spacial score (nSPS) is 10.8. The molecule has 0 saturated heterocycles. The Labute approximate surface area is 108 Å². The molecule has 0 amide bonds. The molecule has 4 heteroatoms. The average Bonchev–Trinajstić information content (AvgIpc) is 2.29. The van der Waals surface area contributed by atoms with Crippen LogP contribution >= 0.6 is 23.2 Å². The van der Waals surface area contributed by atoms with Gasteiger partial charge >= 0.3 is 0 Å². The largest absolute Gasteiger partial charge is 0.383 e. The number of rotatable bonds is 6. The summed E-state index contributed by atoms with van der Waals surface area (Å²) in [6.45, 7) is 8.35. The van der Waals surface area contributed by atoms with Gasteiger partial charge in [-0.3, -0.25) is 0 Å². The molecule has 0 unspecified atom stereocenters. The Kier molecular flexibility index (Phi) is 5.96. The third-order valence-corrected chi connectivity index (χ3v) is 3.13. The number of hydrogen-bond donors (Lipinski definition) is 1. The SMILES string of the molecule is CCN(CC)CCNc1cc(Cl)ccc1Cl. The van der Waals surface area contributed by atoms with E-state index in [9.17, 15) is 0 Å². The van der Waals surface area contributed by atoms with Crippen LogP contribution in [0.5, 0.6) is 0 Å². The fraction of sp³-hybridized carbons (Fsp3) is 0.500. The molecule has 0 heterocycles. The highest BCUT2D eigenvalue weighted by Crippen LogP contribution is 2.24. The van der Waals surface area contributed by atoms with E-state index in [1.165, 1.54) is 0 Å². The molecule has 0 saturated carbocycles. The lowest BCUT2D eigenvalue weighted by atomic mass is 10.3. The summed E-state index contributed by atoms with van der Waals surface area (Å²) in [4.78, 5) is 2.35. The van der Waals surface area contributed by atoms with E-state index in [0.29, 0.717) is 10.0 Å². The van der Waals surface area contributed by atoms with E-state index in [1.807, 2.05) is 12.1 Å². The standard InChI is InChI=1S/C12H18Cl2N2/c1-3-16(4-2)8-7-15-12-9-10(13)5-6-11(12)14/h5-6,9,15H,3-4,7-8H2,1-2H3. The lowest BCUT2D eigenvalue weighted by Crippen LogP contribution is -2.28. The average molecular weight is 261 g/mol. The Morgan fingerprint density at radius 3 is 2.50 bits per heavy atom. The number of nitrogens with zero attached hydrogens (tertiary/aromatic N) is 1. The fourth-order valence-electron chi connectivity index (χ4n) is 1.52. The summed E-state index contributed by atoms with van der Waals surface area (Å²) in [6, 6.07) is 5.45. The van der Waals surface area contributed by atoms with Gasteiger partial charge in [0.25, 0.3) is 0 Å². The predicted octanol–water partition coefficient (Wildman–Crippen LogP) is 3.75. The van der Waals surface area contributed by atoms with Crippen LogP contribution in [-0.2, 0) is 0 Å². The van der Waals surface area contributed by atoms with Gasteiger partial charge in [0.2, 0.25) is 0 Å². The number of benzene rings is 1. The zero-order chi connectivity index (χ0) is 12.0. The van der Waals surface area contributed by atoms with Crippen molar-refractivity contribution in [2.24, 2.45) is 0 Å². The van der Waals surface area contributed by atoms with Crippen LogP contribution in [0, 0.1) is 0 Å². The van der Waals surface area contributed by atoms with Gasteiger partial charge in [0.15, 0.2) is 0 Å². The van der Waals surface area contributed by atoms with Crippen LogP contribution in [0.4, 0.5) is 5.69 Å². The van der Waals surface area contributed by atoms with Crippen LogP contribution in [0.25, 0.3) is 0 Å². The summed E-state index contributed by atoms with van der Waals surface area (Å²) in [5, 5.41) is 4.71. The first-order chi connectivity index (χ1) is 7.67. The van der Waals surface area contributed by atoms with E-state index in [0.717, 1.165) is 31.9 Å². The molecule has 0 spiro atoms. The molecule has 0 aliphatic heterocycles. The van der Waals surface area contributed by atoms with Crippen LogP contribution < -0.4 is 5.32 Å². The minimum Gasteiger partial charge on any atom is -0.383 e. The van der Waals surface area contributed by atoms with Crippen molar-refractivity contribution < 1.29 is 0 Å². The van der Waals surface area contributed by atoms with Gasteiger partial charge in [-0.1, -0.05) is 37.0 Å². The molecule has 1 aromatic carbocycles. The summed E-state index contributed by atoms with van der Waals surface area (Å²) in [6.07, 6.45) is 0. The fourth-order valence-corrected chi connectivity index (χ4v) is 1.88. The quantitative estimate of drug-likeness (QED) is 0.839. The zero-order valence-corrected chi connectivity index (χ0v) is 11.3. The molecule has 1 N–H and O–H groups in total. The van der Waals surface area contributed by atoms with Crippen molar-refractivity contribution in [1.29, 1.82) is 0 Å². The lowest BCUT2D eigenvalue weighted by molar-refractivity contribution is 0.316. The highest BCUT2D eigenvalue weighted by Gasteiger charge is 2.02. The number of hydrogen-bond acceptors (Lipinski definition) is 2. The lowest BCUT2D eigenvalue weighted by Gasteiger charge is -2.18. The molecule has 16 heavy (non-hydrogen) atoms. The molecule has 90 valence electrons. The van der Waals surface area contributed by atoms with E-state index >= 15 is 0 Å². The third kappa shape index (κ3) is 4.20. The van der Waals surface area contributed by atoms with Gasteiger partial charge in [-0.2, -0.15) is 0 Å². The van der Waals surface area contributed by atoms with Crippen LogP contribution in [0.1, 0.15) is 13.8 Å². The van der Waals surface area contributed by atoms with Crippen molar-refractivity contribution in [3.05, 3.63) is 28.2 Å². The van der Waals surface area contributed by atoms with Crippen LogP contribution in [0.15, 0.2) is 18.2 Å². The molecule has 0 fully saturated rings. The summed E-state index contributed by atoms with van der Waals surface area (Å²) < 4.78 is 0. The van der Waals surface area contributed by atoms with Gasteiger partial charge in [0, 0.05) is 18.1 Å². The minimum atomic E-state index is 0.703.